The number of morpholine rings is 1. The van der Waals surface area contributed by atoms with Gasteiger partial charge < -0.3 is 14.8 Å². The van der Waals surface area contributed by atoms with Crippen LogP contribution in [0.15, 0.2) is 0 Å². The minimum absolute atomic E-state index is 0.0799. The van der Waals surface area contributed by atoms with Gasteiger partial charge in [0.1, 0.15) is 5.54 Å². The number of likely N-dealkylation sites (N-methyl/N-ethyl adjacent to an activating group) is 1. The van der Waals surface area contributed by atoms with Gasteiger partial charge in [-0.2, -0.15) is 0 Å². The molecule has 0 aromatic carbocycles. The molecule has 4 unspecified atom stereocenters. The second-order valence-electron chi connectivity index (χ2n) is 6.44. The van der Waals surface area contributed by atoms with Crippen LogP contribution >= 0.6 is 0 Å². The summed E-state index contributed by atoms with van der Waals surface area (Å²) in [4.78, 5) is 14.9. The van der Waals surface area contributed by atoms with Gasteiger partial charge in [0, 0.05) is 19.1 Å². The van der Waals surface area contributed by atoms with Crippen molar-refractivity contribution in [3.8, 4) is 0 Å². The van der Waals surface area contributed by atoms with E-state index in [1.165, 1.54) is 0 Å². The third kappa shape index (κ3) is 3.76. The molecule has 2 aliphatic rings. The fourth-order valence-corrected chi connectivity index (χ4v) is 3.87. The van der Waals surface area contributed by atoms with Gasteiger partial charge in [-0.05, 0) is 46.6 Å². The van der Waals surface area contributed by atoms with Gasteiger partial charge in [0.25, 0.3) is 0 Å². The van der Waals surface area contributed by atoms with Crippen LogP contribution in [0.3, 0.4) is 0 Å². The fourth-order valence-electron chi connectivity index (χ4n) is 3.87. The molecule has 2 fully saturated rings. The van der Waals surface area contributed by atoms with Gasteiger partial charge in [-0.3, -0.25) is 9.69 Å². The molecule has 5 nitrogen and oxygen atoms in total. The summed E-state index contributed by atoms with van der Waals surface area (Å²) in [6.07, 6.45) is 3.30. The lowest BCUT2D eigenvalue weighted by atomic mass is 9.97. The molecule has 1 saturated carbocycles. The summed E-state index contributed by atoms with van der Waals surface area (Å²) in [7, 11) is 0. The number of hydrogen-bond donors (Lipinski definition) is 1. The molecule has 1 N–H and O–H groups in total. The van der Waals surface area contributed by atoms with Crippen molar-refractivity contribution in [2.24, 2.45) is 0 Å². The zero-order valence-electron chi connectivity index (χ0n) is 13.9. The number of carbonyl (C=O) groups is 1. The smallest absolute Gasteiger partial charge is 0.326 e. The molecule has 0 amide bonds. The van der Waals surface area contributed by atoms with Gasteiger partial charge in [0.2, 0.25) is 0 Å². The summed E-state index contributed by atoms with van der Waals surface area (Å²) in [5.41, 5.74) is -0.486. The summed E-state index contributed by atoms with van der Waals surface area (Å²) in [6.45, 7) is 11.3. The lowest BCUT2D eigenvalue weighted by Crippen LogP contribution is -2.54. The lowest BCUT2D eigenvalue weighted by molar-refractivity contribution is -0.151. The maximum absolute atomic E-state index is 12.4. The molecule has 0 spiro atoms. The van der Waals surface area contributed by atoms with E-state index in [1.54, 1.807) is 0 Å². The first kappa shape index (κ1) is 16.7. The number of ether oxygens (including phenoxy) is 2. The average Bonchev–Trinajstić information content (AvgIpc) is 2.84. The zero-order valence-corrected chi connectivity index (χ0v) is 13.9. The van der Waals surface area contributed by atoms with Crippen molar-refractivity contribution in [1.29, 1.82) is 0 Å². The molecule has 0 aromatic heterocycles. The summed E-state index contributed by atoms with van der Waals surface area (Å²) < 4.78 is 11.1. The molecule has 4 atom stereocenters. The van der Waals surface area contributed by atoms with Crippen LogP contribution in [0.1, 0.15) is 47.0 Å². The highest BCUT2D eigenvalue weighted by atomic mass is 16.5. The van der Waals surface area contributed by atoms with Crippen molar-refractivity contribution in [2.75, 3.05) is 26.2 Å². The number of rotatable bonds is 5. The van der Waals surface area contributed by atoms with E-state index in [9.17, 15) is 4.79 Å². The van der Waals surface area contributed by atoms with Crippen LogP contribution < -0.4 is 5.32 Å². The van der Waals surface area contributed by atoms with Gasteiger partial charge in [-0.15, -0.1) is 0 Å². The van der Waals surface area contributed by atoms with E-state index in [2.05, 4.69) is 24.1 Å². The van der Waals surface area contributed by atoms with Crippen molar-refractivity contribution in [1.82, 2.24) is 10.2 Å². The molecule has 1 aliphatic heterocycles. The number of hydrogen-bond acceptors (Lipinski definition) is 5. The molecular formula is C16H30N2O3. The van der Waals surface area contributed by atoms with Crippen molar-refractivity contribution in [3.05, 3.63) is 0 Å². The lowest BCUT2D eigenvalue weighted by Gasteiger charge is -2.39. The van der Waals surface area contributed by atoms with E-state index in [-0.39, 0.29) is 18.2 Å². The minimum Gasteiger partial charge on any atom is -0.465 e. The molecule has 2 rings (SSSR count). The van der Waals surface area contributed by atoms with Crippen LogP contribution in [0.5, 0.6) is 0 Å². The Morgan fingerprint density at radius 2 is 2.00 bits per heavy atom. The third-order valence-electron chi connectivity index (χ3n) is 4.63. The maximum atomic E-state index is 12.4. The Bertz CT molecular complexity index is 353. The van der Waals surface area contributed by atoms with E-state index in [4.69, 9.17) is 9.47 Å². The monoisotopic (exact) mass is 298 g/mol. The summed E-state index contributed by atoms with van der Waals surface area (Å²) in [6, 6.07) is 0.447. The Kier molecular flexibility index (Phi) is 5.63. The Balaban J connectivity index is 2.03. The molecule has 21 heavy (non-hydrogen) atoms. The zero-order chi connectivity index (χ0) is 15.5. The van der Waals surface area contributed by atoms with Crippen LogP contribution in [-0.4, -0.2) is 60.9 Å². The standard InChI is InChI=1S/C16H30N2O3/c1-5-17-16(15(19)20-6-2)8-7-14(9-16)18-10-12(3)21-13(4)11-18/h12-14,17H,5-11H2,1-4H3. The minimum atomic E-state index is -0.486. The van der Waals surface area contributed by atoms with Crippen LogP contribution in [0.25, 0.3) is 0 Å². The Morgan fingerprint density at radius 3 is 2.57 bits per heavy atom. The molecule has 1 heterocycles. The Hall–Kier alpha value is -0.650. The maximum Gasteiger partial charge on any atom is 0.326 e. The summed E-state index contributed by atoms with van der Waals surface area (Å²) in [5.74, 6) is -0.0799. The molecule has 0 radical (unpaired) electrons. The topological polar surface area (TPSA) is 50.8 Å². The molecule has 1 aliphatic carbocycles. The first-order chi connectivity index (χ1) is 10.0. The van der Waals surface area contributed by atoms with Crippen LogP contribution in [0, 0.1) is 0 Å². The first-order valence-corrected chi connectivity index (χ1v) is 8.32. The van der Waals surface area contributed by atoms with Gasteiger partial charge in [0.15, 0.2) is 0 Å². The SMILES string of the molecule is CCNC1(C(=O)OCC)CCC(N2CC(C)OC(C)C2)C1. The molecule has 122 valence electrons. The van der Waals surface area contributed by atoms with Crippen LogP contribution in [0.4, 0.5) is 0 Å². The van der Waals surface area contributed by atoms with Gasteiger partial charge in [0.05, 0.1) is 18.8 Å². The molecule has 1 saturated heterocycles. The van der Waals surface area contributed by atoms with Crippen LogP contribution in [-0.2, 0) is 14.3 Å². The number of nitrogens with zero attached hydrogens (tertiary/aromatic N) is 1. The highest BCUT2D eigenvalue weighted by Crippen LogP contribution is 2.35. The van der Waals surface area contributed by atoms with Crippen molar-refractivity contribution < 1.29 is 14.3 Å². The van der Waals surface area contributed by atoms with Crippen LogP contribution in [0.2, 0.25) is 0 Å². The van der Waals surface area contributed by atoms with E-state index in [1.807, 2.05) is 13.8 Å². The predicted octanol–water partition coefficient (Wildman–Crippen LogP) is 1.56. The van der Waals surface area contributed by atoms with E-state index >= 15 is 0 Å². The Labute approximate surface area is 128 Å². The molecule has 0 aromatic rings. The number of nitrogens with one attached hydrogen (secondary N) is 1. The Morgan fingerprint density at radius 1 is 1.33 bits per heavy atom. The normalized spacial score (nSPS) is 37.6. The summed E-state index contributed by atoms with van der Waals surface area (Å²) >= 11 is 0. The summed E-state index contributed by atoms with van der Waals surface area (Å²) in [5, 5.41) is 3.40. The van der Waals surface area contributed by atoms with Gasteiger partial charge in [-0.1, -0.05) is 6.92 Å². The molecule has 5 heteroatoms. The third-order valence-corrected chi connectivity index (χ3v) is 4.63. The second-order valence-corrected chi connectivity index (χ2v) is 6.44. The highest BCUT2D eigenvalue weighted by Gasteiger charge is 2.48. The quantitative estimate of drug-likeness (QED) is 0.781. The van der Waals surface area contributed by atoms with Crippen molar-refractivity contribution in [2.45, 2.75) is 70.7 Å². The fraction of sp³-hybridized carbons (Fsp3) is 0.938. The number of carbonyl (C=O) groups excluding carboxylic acids is 1. The first-order valence-electron chi connectivity index (χ1n) is 8.32. The van der Waals surface area contributed by atoms with E-state index in [0.29, 0.717) is 12.6 Å². The molecular weight excluding hydrogens is 268 g/mol. The van der Waals surface area contributed by atoms with Gasteiger partial charge in [-0.25, -0.2) is 0 Å². The largest absolute Gasteiger partial charge is 0.465 e. The highest BCUT2D eigenvalue weighted by molar-refractivity contribution is 5.81. The number of esters is 1. The average molecular weight is 298 g/mol. The second kappa shape index (κ2) is 7.07. The van der Waals surface area contributed by atoms with Gasteiger partial charge >= 0.3 is 5.97 Å². The van der Waals surface area contributed by atoms with Crippen molar-refractivity contribution in [3.63, 3.8) is 0 Å². The van der Waals surface area contributed by atoms with E-state index in [0.717, 1.165) is 38.9 Å². The van der Waals surface area contributed by atoms with Crippen molar-refractivity contribution >= 4 is 5.97 Å². The molecule has 0 bridgehead atoms. The van der Waals surface area contributed by atoms with E-state index < -0.39 is 5.54 Å². The predicted molar refractivity (Wildman–Crippen MR) is 82.3 cm³/mol.